The second-order valence-corrected chi connectivity index (χ2v) is 7.73. The van der Waals surface area contributed by atoms with Crippen LogP contribution in [0.2, 0.25) is 0 Å². The summed E-state index contributed by atoms with van der Waals surface area (Å²) in [6.07, 6.45) is 5.41. The van der Waals surface area contributed by atoms with Gasteiger partial charge >= 0.3 is 6.03 Å². The summed E-state index contributed by atoms with van der Waals surface area (Å²) in [7, 11) is -3.82. The van der Waals surface area contributed by atoms with Crippen LogP contribution in [-0.4, -0.2) is 41.7 Å². The summed E-state index contributed by atoms with van der Waals surface area (Å²) in [5, 5.41) is 12.2. The Morgan fingerprint density at radius 3 is 2.92 bits per heavy atom. The summed E-state index contributed by atoms with van der Waals surface area (Å²) in [5.41, 5.74) is 1.21. The number of rotatable bonds is 4. The van der Waals surface area contributed by atoms with Crippen LogP contribution in [0, 0.1) is 6.92 Å². The summed E-state index contributed by atoms with van der Waals surface area (Å²) in [6.45, 7) is 3.09. The van der Waals surface area contributed by atoms with Crippen LogP contribution < -0.4 is 10.5 Å². The fraction of sp³-hybridized carbons (Fsp3) is 0.375. The Kier molecular flexibility index (Phi) is 4.78. The Bertz CT molecular complexity index is 864. The van der Waals surface area contributed by atoms with Gasteiger partial charge in [0.15, 0.2) is 0 Å². The van der Waals surface area contributed by atoms with Crippen molar-refractivity contribution in [2.24, 2.45) is 5.14 Å². The lowest BCUT2D eigenvalue weighted by atomic mass is 10.2. The number of nitrogens with one attached hydrogen (secondary N) is 1. The molecule has 1 saturated heterocycles. The van der Waals surface area contributed by atoms with Gasteiger partial charge in [0.1, 0.15) is 0 Å². The third-order valence-corrected chi connectivity index (χ3v) is 5.29. The highest BCUT2D eigenvalue weighted by Crippen LogP contribution is 2.23. The SMILES string of the molecule is Cc1ccc(S(N)(=O)=O)cc1NC(=O)N1CCC[C@H]1Cn1cccn1. The van der Waals surface area contributed by atoms with Crippen molar-refractivity contribution in [3.63, 3.8) is 0 Å². The van der Waals surface area contributed by atoms with Crippen LogP contribution >= 0.6 is 0 Å². The molecule has 3 N–H and O–H groups in total. The monoisotopic (exact) mass is 363 g/mol. The predicted octanol–water partition coefficient (Wildman–Crippen LogP) is 1.54. The van der Waals surface area contributed by atoms with Crippen molar-refractivity contribution in [3.05, 3.63) is 42.2 Å². The van der Waals surface area contributed by atoms with E-state index in [4.69, 9.17) is 5.14 Å². The Balaban J connectivity index is 1.75. The number of likely N-dealkylation sites (tertiary alicyclic amines) is 1. The molecule has 0 unspecified atom stereocenters. The van der Waals surface area contributed by atoms with E-state index in [9.17, 15) is 13.2 Å². The van der Waals surface area contributed by atoms with Crippen molar-refractivity contribution < 1.29 is 13.2 Å². The average Bonchev–Trinajstić information content (AvgIpc) is 3.20. The second kappa shape index (κ2) is 6.85. The molecule has 8 nitrogen and oxygen atoms in total. The molecule has 1 aromatic heterocycles. The number of aryl methyl sites for hydroxylation is 1. The molecule has 2 heterocycles. The highest BCUT2D eigenvalue weighted by Gasteiger charge is 2.29. The highest BCUT2D eigenvalue weighted by atomic mass is 32.2. The molecule has 134 valence electrons. The fourth-order valence-corrected chi connectivity index (χ4v) is 3.56. The van der Waals surface area contributed by atoms with Crippen molar-refractivity contribution >= 4 is 21.7 Å². The van der Waals surface area contributed by atoms with Crippen molar-refractivity contribution in [1.82, 2.24) is 14.7 Å². The fourth-order valence-electron chi connectivity index (χ4n) is 3.02. The molecule has 9 heteroatoms. The molecule has 0 radical (unpaired) electrons. The molecule has 1 fully saturated rings. The first-order valence-corrected chi connectivity index (χ1v) is 9.58. The lowest BCUT2D eigenvalue weighted by Gasteiger charge is -2.25. The topological polar surface area (TPSA) is 110 Å². The maximum absolute atomic E-state index is 12.7. The van der Waals surface area contributed by atoms with Crippen molar-refractivity contribution in [3.8, 4) is 0 Å². The van der Waals surface area contributed by atoms with E-state index in [1.165, 1.54) is 12.1 Å². The van der Waals surface area contributed by atoms with Crippen LogP contribution in [0.3, 0.4) is 0 Å². The summed E-state index contributed by atoms with van der Waals surface area (Å²) < 4.78 is 24.8. The largest absolute Gasteiger partial charge is 0.322 e. The van der Waals surface area contributed by atoms with E-state index >= 15 is 0 Å². The van der Waals surface area contributed by atoms with Crippen LogP contribution in [-0.2, 0) is 16.6 Å². The maximum Gasteiger partial charge on any atom is 0.322 e. The summed E-state index contributed by atoms with van der Waals surface area (Å²) in [6, 6.07) is 6.10. The Labute approximate surface area is 146 Å². The minimum Gasteiger partial charge on any atom is -0.320 e. The quantitative estimate of drug-likeness (QED) is 0.858. The zero-order chi connectivity index (χ0) is 18.0. The van der Waals surface area contributed by atoms with Gasteiger partial charge in [-0.1, -0.05) is 6.07 Å². The number of carbonyl (C=O) groups is 1. The average molecular weight is 363 g/mol. The lowest BCUT2D eigenvalue weighted by molar-refractivity contribution is 0.199. The number of urea groups is 1. The standard InChI is InChI=1S/C16H21N5O3S/c1-12-5-6-14(25(17,23)24)10-15(12)19-16(22)21-9-2-4-13(21)11-20-8-3-7-18-20/h3,5-8,10,13H,2,4,9,11H2,1H3,(H,19,22)(H2,17,23,24)/t13-/m0/s1. The number of aromatic nitrogens is 2. The third-order valence-electron chi connectivity index (χ3n) is 4.37. The van der Waals surface area contributed by atoms with Gasteiger partial charge in [0.05, 0.1) is 17.5 Å². The number of primary sulfonamides is 1. The van der Waals surface area contributed by atoms with E-state index in [1.807, 2.05) is 16.9 Å². The van der Waals surface area contributed by atoms with Gasteiger partial charge in [0.25, 0.3) is 0 Å². The van der Waals surface area contributed by atoms with Crippen LogP contribution in [0.5, 0.6) is 0 Å². The number of amides is 2. The first-order valence-electron chi connectivity index (χ1n) is 8.03. The number of anilines is 1. The smallest absolute Gasteiger partial charge is 0.320 e. The molecular formula is C16H21N5O3S. The number of hydrogen-bond donors (Lipinski definition) is 2. The van der Waals surface area contributed by atoms with E-state index in [-0.39, 0.29) is 17.0 Å². The van der Waals surface area contributed by atoms with Gasteiger partial charge in [-0.2, -0.15) is 5.10 Å². The van der Waals surface area contributed by atoms with E-state index in [0.717, 1.165) is 18.4 Å². The molecule has 0 saturated carbocycles. The summed E-state index contributed by atoms with van der Waals surface area (Å²) in [5.74, 6) is 0. The lowest BCUT2D eigenvalue weighted by Crippen LogP contribution is -2.41. The Hall–Kier alpha value is -2.39. The van der Waals surface area contributed by atoms with E-state index in [0.29, 0.717) is 18.8 Å². The number of carbonyl (C=O) groups excluding carboxylic acids is 1. The molecule has 0 bridgehead atoms. The normalized spacial score (nSPS) is 17.7. The van der Waals surface area contributed by atoms with Crippen LogP contribution in [0.4, 0.5) is 10.5 Å². The minimum atomic E-state index is -3.82. The van der Waals surface area contributed by atoms with Crippen LogP contribution in [0.15, 0.2) is 41.6 Å². The molecule has 0 aliphatic carbocycles. The van der Waals surface area contributed by atoms with Crippen molar-refractivity contribution in [2.45, 2.75) is 37.2 Å². The zero-order valence-electron chi connectivity index (χ0n) is 13.9. The van der Waals surface area contributed by atoms with Crippen molar-refractivity contribution in [2.75, 3.05) is 11.9 Å². The minimum absolute atomic E-state index is 0.0251. The number of benzene rings is 1. The first-order chi connectivity index (χ1) is 11.8. The molecule has 1 aliphatic rings. The third kappa shape index (κ3) is 3.99. The predicted molar refractivity (Wildman–Crippen MR) is 93.5 cm³/mol. The molecule has 2 amide bonds. The zero-order valence-corrected chi connectivity index (χ0v) is 14.7. The number of nitrogens with zero attached hydrogens (tertiary/aromatic N) is 3. The van der Waals surface area contributed by atoms with Crippen LogP contribution in [0.1, 0.15) is 18.4 Å². The number of nitrogens with two attached hydrogens (primary N) is 1. The molecule has 1 atom stereocenters. The molecular weight excluding hydrogens is 342 g/mol. The Morgan fingerprint density at radius 1 is 1.44 bits per heavy atom. The summed E-state index contributed by atoms with van der Waals surface area (Å²) >= 11 is 0. The first kappa shape index (κ1) is 17.4. The van der Waals surface area contributed by atoms with Crippen LogP contribution in [0.25, 0.3) is 0 Å². The highest BCUT2D eigenvalue weighted by molar-refractivity contribution is 7.89. The van der Waals surface area contributed by atoms with Crippen molar-refractivity contribution in [1.29, 1.82) is 0 Å². The van der Waals surface area contributed by atoms with Gasteiger partial charge in [-0.3, -0.25) is 4.68 Å². The van der Waals surface area contributed by atoms with E-state index in [1.54, 1.807) is 24.1 Å². The Morgan fingerprint density at radius 2 is 2.24 bits per heavy atom. The molecule has 2 aromatic rings. The van der Waals surface area contributed by atoms with E-state index < -0.39 is 10.0 Å². The van der Waals surface area contributed by atoms with Gasteiger partial charge in [0, 0.05) is 24.6 Å². The second-order valence-electron chi connectivity index (χ2n) is 6.17. The van der Waals surface area contributed by atoms with Gasteiger partial charge < -0.3 is 10.2 Å². The van der Waals surface area contributed by atoms with Gasteiger partial charge in [-0.15, -0.1) is 0 Å². The molecule has 1 aromatic carbocycles. The van der Waals surface area contributed by atoms with E-state index in [2.05, 4.69) is 10.4 Å². The van der Waals surface area contributed by atoms with Gasteiger partial charge in [-0.05, 0) is 43.5 Å². The molecule has 1 aliphatic heterocycles. The molecule has 3 rings (SSSR count). The number of sulfonamides is 1. The summed E-state index contributed by atoms with van der Waals surface area (Å²) in [4.78, 5) is 14.4. The molecule has 0 spiro atoms. The molecule has 25 heavy (non-hydrogen) atoms. The van der Waals surface area contributed by atoms with Gasteiger partial charge in [-0.25, -0.2) is 18.4 Å². The number of hydrogen-bond acceptors (Lipinski definition) is 4. The maximum atomic E-state index is 12.7. The van der Waals surface area contributed by atoms with Gasteiger partial charge in [0.2, 0.25) is 10.0 Å².